The number of rotatable bonds is 4. The van der Waals surface area contributed by atoms with Crippen molar-refractivity contribution in [1.82, 2.24) is 14.7 Å². The van der Waals surface area contributed by atoms with Gasteiger partial charge in [0.25, 0.3) is 5.91 Å². The molecule has 1 atom stereocenters. The Morgan fingerprint density at radius 3 is 2.78 bits per heavy atom. The van der Waals surface area contributed by atoms with Crippen molar-refractivity contribution >= 4 is 23.2 Å². The van der Waals surface area contributed by atoms with Gasteiger partial charge in [-0.25, -0.2) is 0 Å². The molecule has 2 amide bonds. The number of hydrogen-bond donors (Lipinski definition) is 1. The molecule has 3 heterocycles. The number of likely N-dealkylation sites (tertiary alicyclic amines) is 1. The summed E-state index contributed by atoms with van der Waals surface area (Å²) in [7, 11) is 0. The van der Waals surface area contributed by atoms with Crippen LogP contribution in [0, 0.1) is 13.8 Å². The molecule has 1 fully saturated rings. The molecule has 0 radical (unpaired) electrons. The minimum atomic E-state index is -0.499. The monoisotopic (exact) mass is 332 g/mol. The Hall–Kier alpha value is -2.15. The summed E-state index contributed by atoms with van der Waals surface area (Å²) in [5.41, 5.74) is 7.75. The van der Waals surface area contributed by atoms with Crippen molar-refractivity contribution in [3.8, 4) is 0 Å². The summed E-state index contributed by atoms with van der Waals surface area (Å²) < 4.78 is 1.97. The largest absolute Gasteiger partial charge is 0.366 e. The maximum absolute atomic E-state index is 12.7. The van der Waals surface area contributed by atoms with Crippen LogP contribution in [0.3, 0.4) is 0 Å². The second-order valence-electron chi connectivity index (χ2n) is 5.97. The lowest BCUT2D eigenvalue weighted by Gasteiger charge is -2.24. The average molecular weight is 332 g/mol. The van der Waals surface area contributed by atoms with E-state index in [9.17, 15) is 9.59 Å². The van der Waals surface area contributed by atoms with Crippen LogP contribution in [0.4, 0.5) is 0 Å². The van der Waals surface area contributed by atoms with Gasteiger partial charge in [-0.05, 0) is 38.8 Å². The molecule has 0 aromatic carbocycles. The number of aromatic nitrogens is 2. The highest BCUT2D eigenvalue weighted by molar-refractivity contribution is 7.12. The van der Waals surface area contributed by atoms with Gasteiger partial charge in [0.15, 0.2) is 0 Å². The molecule has 2 aromatic rings. The lowest BCUT2D eigenvalue weighted by molar-refractivity contribution is 0.0726. The van der Waals surface area contributed by atoms with Crippen LogP contribution in [0.25, 0.3) is 0 Å². The van der Waals surface area contributed by atoms with Gasteiger partial charge in [-0.3, -0.25) is 14.3 Å². The topological polar surface area (TPSA) is 81.2 Å². The standard InChI is InChI=1S/C16H20N4O2S/c1-10-6-11(2)20(18-10)8-13-4-3-5-19(13)16(22)14-7-12(9-23-14)15(17)21/h6-7,9,13H,3-5,8H2,1-2H3,(H2,17,21)/t13-/m0/s1. The van der Waals surface area contributed by atoms with E-state index in [0.717, 1.165) is 30.8 Å². The van der Waals surface area contributed by atoms with E-state index in [2.05, 4.69) is 5.10 Å². The van der Waals surface area contributed by atoms with E-state index >= 15 is 0 Å². The van der Waals surface area contributed by atoms with Crippen LogP contribution in [0.2, 0.25) is 0 Å². The van der Waals surface area contributed by atoms with Crippen LogP contribution in [0.5, 0.6) is 0 Å². The Bertz CT molecular complexity index is 749. The van der Waals surface area contributed by atoms with Crippen molar-refractivity contribution in [3.63, 3.8) is 0 Å². The first kappa shape index (κ1) is 15.7. The second kappa shape index (κ2) is 6.16. The molecule has 122 valence electrons. The van der Waals surface area contributed by atoms with Crippen LogP contribution < -0.4 is 5.73 Å². The zero-order valence-electron chi connectivity index (χ0n) is 13.3. The molecule has 6 nitrogen and oxygen atoms in total. The maximum Gasteiger partial charge on any atom is 0.264 e. The van der Waals surface area contributed by atoms with Gasteiger partial charge in [-0.15, -0.1) is 11.3 Å². The van der Waals surface area contributed by atoms with Gasteiger partial charge in [-0.1, -0.05) is 0 Å². The highest BCUT2D eigenvalue weighted by atomic mass is 32.1. The van der Waals surface area contributed by atoms with Crippen molar-refractivity contribution in [3.05, 3.63) is 39.3 Å². The zero-order valence-corrected chi connectivity index (χ0v) is 14.1. The van der Waals surface area contributed by atoms with Crippen molar-refractivity contribution < 1.29 is 9.59 Å². The molecule has 1 aliphatic heterocycles. The minimum Gasteiger partial charge on any atom is -0.366 e. The molecule has 0 unspecified atom stereocenters. The second-order valence-corrected chi connectivity index (χ2v) is 6.88. The van der Waals surface area contributed by atoms with E-state index in [-0.39, 0.29) is 11.9 Å². The Kier molecular flexibility index (Phi) is 4.21. The Balaban J connectivity index is 1.76. The zero-order chi connectivity index (χ0) is 16.6. The van der Waals surface area contributed by atoms with Crippen LogP contribution >= 0.6 is 11.3 Å². The van der Waals surface area contributed by atoms with Gasteiger partial charge in [0.2, 0.25) is 5.91 Å². The van der Waals surface area contributed by atoms with Crippen LogP contribution in [0.1, 0.15) is 44.3 Å². The number of nitrogens with zero attached hydrogens (tertiary/aromatic N) is 3. The van der Waals surface area contributed by atoms with Crippen LogP contribution in [-0.4, -0.2) is 39.1 Å². The number of hydrogen-bond acceptors (Lipinski definition) is 4. The number of aryl methyl sites for hydroxylation is 2. The predicted molar refractivity (Wildman–Crippen MR) is 88.6 cm³/mol. The number of primary amides is 1. The smallest absolute Gasteiger partial charge is 0.264 e. The summed E-state index contributed by atoms with van der Waals surface area (Å²) >= 11 is 1.27. The van der Waals surface area contributed by atoms with Gasteiger partial charge in [0, 0.05) is 17.6 Å². The summed E-state index contributed by atoms with van der Waals surface area (Å²) in [6.45, 7) is 5.45. The van der Waals surface area contributed by atoms with Crippen molar-refractivity contribution in [1.29, 1.82) is 0 Å². The fourth-order valence-electron chi connectivity index (χ4n) is 3.07. The van der Waals surface area contributed by atoms with Crippen molar-refractivity contribution in [2.45, 2.75) is 39.3 Å². The first-order valence-corrected chi connectivity index (χ1v) is 8.54. The quantitative estimate of drug-likeness (QED) is 0.929. The summed E-state index contributed by atoms with van der Waals surface area (Å²) in [4.78, 5) is 26.4. The Labute approximate surface area is 138 Å². The van der Waals surface area contributed by atoms with Gasteiger partial charge in [0.05, 0.1) is 28.7 Å². The molecule has 0 spiro atoms. The van der Waals surface area contributed by atoms with Gasteiger partial charge in [0.1, 0.15) is 0 Å². The lowest BCUT2D eigenvalue weighted by Crippen LogP contribution is -2.38. The third-order valence-corrected chi connectivity index (χ3v) is 5.14. The third kappa shape index (κ3) is 3.14. The average Bonchev–Trinajstić information content (AvgIpc) is 3.20. The fraction of sp³-hybridized carbons (Fsp3) is 0.438. The number of nitrogens with two attached hydrogens (primary N) is 1. The molecule has 2 aromatic heterocycles. The van der Waals surface area contributed by atoms with Crippen molar-refractivity contribution in [2.24, 2.45) is 5.73 Å². The first-order valence-electron chi connectivity index (χ1n) is 7.66. The minimum absolute atomic E-state index is 0.0217. The number of carbonyl (C=O) groups is 2. The van der Waals surface area contributed by atoms with Crippen molar-refractivity contribution in [2.75, 3.05) is 6.54 Å². The molecule has 7 heteroatoms. The van der Waals surface area contributed by atoms with Gasteiger partial charge >= 0.3 is 0 Å². The molecule has 23 heavy (non-hydrogen) atoms. The van der Waals surface area contributed by atoms with E-state index in [0.29, 0.717) is 17.0 Å². The first-order chi connectivity index (χ1) is 11.0. The predicted octanol–water partition coefficient (Wildman–Crippen LogP) is 1.97. The van der Waals surface area contributed by atoms with Crippen LogP contribution in [0.15, 0.2) is 17.5 Å². The molecule has 0 bridgehead atoms. The molecular formula is C16H20N4O2S. The van der Waals surface area contributed by atoms with Gasteiger partial charge in [-0.2, -0.15) is 5.10 Å². The lowest BCUT2D eigenvalue weighted by atomic mass is 10.2. The summed E-state index contributed by atoms with van der Waals surface area (Å²) in [6, 6.07) is 3.77. The van der Waals surface area contributed by atoms with E-state index < -0.39 is 5.91 Å². The Morgan fingerprint density at radius 2 is 2.17 bits per heavy atom. The fourth-order valence-corrected chi connectivity index (χ4v) is 3.92. The Morgan fingerprint density at radius 1 is 1.39 bits per heavy atom. The normalized spacial score (nSPS) is 17.7. The molecule has 0 saturated carbocycles. The van der Waals surface area contributed by atoms with E-state index in [1.807, 2.05) is 29.5 Å². The summed E-state index contributed by atoms with van der Waals surface area (Å²) in [6.07, 6.45) is 1.96. The molecular weight excluding hydrogens is 312 g/mol. The summed E-state index contributed by atoms with van der Waals surface area (Å²) in [5.74, 6) is -0.521. The maximum atomic E-state index is 12.7. The molecule has 3 rings (SSSR count). The van der Waals surface area contributed by atoms with Gasteiger partial charge < -0.3 is 10.6 Å². The molecule has 1 aliphatic rings. The molecule has 0 aliphatic carbocycles. The van der Waals surface area contributed by atoms with E-state index in [1.165, 1.54) is 11.3 Å². The highest BCUT2D eigenvalue weighted by Gasteiger charge is 2.31. The number of carbonyl (C=O) groups excluding carboxylic acids is 2. The highest BCUT2D eigenvalue weighted by Crippen LogP contribution is 2.25. The van der Waals surface area contributed by atoms with Crippen LogP contribution in [-0.2, 0) is 6.54 Å². The van der Waals surface area contributed by atoms with E-state index in [1.54, 1.807) is 11.4 Å². The molecule has 1 saturated heterocycles. The number of thiophene rings is 1. The van der Waals surface area contributed by atoms with E-state index in [4.69, 9.17) is 5.73 Å². The molecule has 2 N–H and O–H groups in total. The summed E-state index contributed by atoms with van der Waals surface area (Å²) in [5, 5.41) is 6.13. The SMILES string of the molecule is Cc1cc(C)n(C[C@@H]2CCCN2C(=O)c2cc(C(N)=O)cs2)n1. The number of amides is 2. The third-order valence-electron chi connectivity index (χ3n) is 4.22.